The highest BCUT2D eigenvalue weighted by molar-refractivity contribution is 9.10. The summed E-state index contributed by atoms with van der Waals surface area (Å²) in [7, 11) is 0. The Labute approximate surface area is 67.4 Å². The highest BCUT2D eigenvalue weighted by atomic mass is 79.9. The molecule has 0 aliphatic rings. The van der Waals surface area contributed by atoms with E-state index in [1.54, 1.807) is 0 Å². The SMILES string of the molecule is [2H]c1cc([N+](=O)[O-])ccc1Br. The second-order valence-electron chi connectivity index (χ2n) is 1.65. The van der Waals surface area contributed by atoms with Crippen molar-refractivity contribution in [3.63, 3.8) is 0 Å². The molecule has 0 spiro atoms. The van der Waals surface area contributed by atoms with E-state index in [0.717, 1.165) is 0 Å². The van der Waals surface area contributed by atoms with Gasteiger partial charge in [0.05, 0.1) is 6.29 Å². The van der Waals surface area contributed by atoms with E-state index >= 15 is 0 Å². The van der Waals surface area contributed by atoms with Crippen molar-refractivity contribution in [3.8, 4) is 0 Å². The topological polar surface area (TPSA) is 43.1 Å². The van der Waals surface area contributed by atoms with Gasteiger partial charge in [0.25, 0.3) is 5.69 Å². The zero-order valence-corrected chi connectivity index (χ0v) is 6.46. The van der Waals surface area contributed by atoms with Crippen molar-refractivity contribution in [2.75, 3.05) is 0 Å². The highest BCUT2D eigenvalue weighted by Gasteiger charge is 2.01. The van der Waals surface area contributed by atoms with Crippen LogP contribution >= 0.6 is 15.9 Å². The fraction of sp³-hybridized carbons (Fsp3) is 0. The maximum absolute atomic E-state index is 10.2. The lowest BCUT2D eigenvalue weighted by Crippen LogP contribution is -1.85. The van der Waals surface area contributed by atoms with E-state index < -0.39 is 4.92 Å². The van der Waals surface area contributed by atoms with E-state index in [1.165, 1.54) is 18.2 Å². The quantitative estimate of drug-likeness (QED) is 0.519. The fourth-order valence-electron chi connectivity index (χ4n) is 0.511. The zero-order chi connectivity index (χ0) is 8.43. The summed E-state index contributed by atoms with van der Waals surface area (Å²) in [6.45, 7) is 0. The molecule has 0 fully saturated rings. The molecule has 0 saturated carbocycles. The summed E-state index contributed by atoms with van der Waals surface area (Å²) < 4.78 is 7.76. The molecule has 1 aromatic carbocycles. The standard InChI is InChI=1S/C6H4BrNO2/c7-5-1-3-6(4-2-5)8(9)10/h1-4H/i1D. The zero-order valence-electron chi connectivity index (χ0n) is 5.87. The van der Waals surface area contributed by atoms with Gasteiger partial charge in [-0.1, -0.05) is 15.9 Å². The molecule has 0 bridgehead atoms. The lowest BCUT2D eigenvalue weighted by Gasteiger charge is -1.88. The van der Waals surface area contributed by atoms with Gasteiger partial charge in [-0.25, -0.2) is 0 Å². The van der Waals surface area contributed by atoms with Crippen molar-refractivity contribution >= 4 is 21.6 Å². The molecule has 0 radical (unpaired) electrons. The molecule has 0 aliphatic heterocycles. The summed E-state index contributed by atoms with van der Waals surface area (Å²) in [5.41, 5.74) is -0.0572. The van der Waals surface area contributed by atoms with Crippen LogP contribution in [0.25, 0.3) is 0 Å². The van der Waals surface area contributed by atoms with E-state index in [-0.39, 0.29) is 11.7 Å². The van der Waals surface area contributed by atoms with Crippen LogP contribution in [-0.2, 0) is 0 Å². The molecule has 0 N–H and O–H groups in total. The Balaban J connectivity index is 3.15. The van der Waals surface area contributed by atoms with Crippen LogP contribution in [0.1, 0.15) is 1.37 Å². The smallest absolute Gasteiger partial charge is 0.258 e. The number of non-ortho nitro benzene ring substituents is 1. The summed E-state index contributed by atoms with van der Waals surface area (Å²) >= 11 is 3.07. The normalized spacial score (nSPS) is 10.7. The minimum Gasteiger partial charge on any atom is -0.258 e. The van der Waals surface area contributed by atoms with Crippen LogP contribution in [0.4, 0.5) is 5.69 Å². The molecule has 0 amide bonds. The fourth-order valence-corrected chi connectivity index (χ4v) is 0.758. The highest BCUT2D eigenvalue weighted by Crippen LogP contribution is 2.15. The maximum atomic E-state index is 10.2. The summed E-state index contributed by atoms with van der Waals surface area (Å²) in [5, 5.41) is 10.2. The van der Waals surface area contributed by atoms with Crippen molar-refractivity contribution in [2.24, 2.45) is 0 Å². The lowest BCUT2D eigenvalue weighted by atomic mass is 10.3. The second kappa shape index (κ2) is 2.79. The number of hydrogen-bond donors (Lipinski definition) is 0. The first kappa shape index (κ1) is 5.85. The van der Waals surface area contributed by atoms with Crippen LogP contribution in [0.5, 0.6) is 0 Å². The van der Waals surface area contributed by atoms with Gasteiger partial charge in [0.1, 0.15) is 0 Å². The Morgan fingerprint density at radius 2 is 2.30 bits per heavy atom. The van der Waals surface area contributed by atoms with E-state index in [1.807, 2.05) is 0 Å². The first-order valence-corrected chi connectivity index (χ1v) is 3.31. The van der Waals surface area contributed by atoms with Crippen LogP contribution in [0.15, 0.2) is 28.7 Å². The van der Waals surface area contributed by atoms with Gasteiger partial charge >= 0.3 is 0 Å². The summed E-state index contributed by atoms with van der Waals surface area (Å²) in [5.74, 6) is 0. The molecule has 0 heterocycles. The molecule has 1 rings (SSSR count). The van der Waals surface area contributed by atoms with Gasteiger partial charge in [-0.2, -0.15) is 0 Å². The van der Waals surface area contributed by atoms with E-state index in [4.69, 9.17) is 1.37 Å². The van der Waals surface area contributed by atoms with Gasteiger partial charge in [-0.3, -0.25) is 10.1 Å². The molecule has 3 nitrogen and oxygen atoms in total. The molecule has 4 heteroatoms. The third-order valence-corrected chi connectivity index (χ3v) is 1.46. The lowest BCUT2D eigenvalue weighted by molar-refractivity contribution is -0.384. The average molecular weight is 203 g/mol. The van der Waals surface area contributed by atoms with Crippen molar-refractivity contribution in [1.29, 1.82) is 0 Å². The minimum absolute atomic E-state index is 0.0572. The first-order valence-electron chi connectivity index (χ1n) is 3.02. The Morgan fingerprint density at radius 1 is 1.60 bits per heavy atom. The Kier molecular flexibility index (Phi) is 1.63. The van der Waals surface area contributed by atoms with Crippen LogP contribution in [0.3, 0.4) is 0 Å². The van der Waals surface area contributed by atoms with Crippen molar-refractivity contribution in [3.05, 3.63) is 38.8 Å². The molecule has 52 valence electrons. The number of nitro benzene ring substituents is 1. The summed E-state index contributed by atoms with van der Waals surface area (Å²) in [6.07, 6.45) is 0. The molecule has 10 heavy (non-hydrogen) atoms. The van der Waals surface area contributed by atoms with Crippen LogP contribution in [0, 0.1) is 10.1 Å². The first-order chi connectivity index (χ1) is 5.11. The van der Waals surface area contributed by atoms with Gasteiger partial charge in [0.2, 0.25) is 0 Å². The number of halogens is 1. The van der Waals surface area contributed by atoms with Crippen LogP contribution in [-0.4, -0.2) is 4.92 Å². The second-order valence-corrected chi connectivity index (χ2v) is 2.51. The largest absolute Gasteiger partial charge is 0.269 e. The number of nitrogens with zero attached hydrogens (tertiary/aromatic N) is 1. The van der Waals surface area contributed by atoms with Crippen molar-refractivity contribution in [2.45, 2.75) is 0 Å². The molecule has 0 unspecified atom stereocenters. The monoisotopic (exact) mass is 202 g/mol. The van der Waals surface area contributed by atoms with E-state index in [2.05, 4.69) is 15.9 Å². The van der Waals surface area contributed by atoms with Gasteiger partial charge < -0.3 is 0 Å². The number of nitro groups is 1. The molecule has 0 saturated heterocycles. The van der Waals surface area contributed by atoms with Gasteiger partial charge in [0.15, 0.2) is 0 Å². The van der Waals surface area contributed by atoms with E-state index in [0.29, 0.717) is 4.47 Å². The Hall–Kier alpha value is -0.900. The Bertz CT molecular complexity index is 303. The van der Waals surface area contributed by atoms with Crippen LogP contribution in [0.2, 0.25) is 0 Å². The average Bonchev–Trinajstić information content (AvgIpc) is 1.94. The molecular weight excluding hydrogens is 198 g/mol. The minimum atomic E-state index is -0.523. The van der Waals surface area contributed by atoms with Crippen molar-refractivity contribution < 1.29 is 6.29 Å². The third-order valence-electron chi connectivity index (χ3n) is 0.969. The molecule has 0 aromatic heterocycles. The molecular formula is C6H4BrNO2. The van der Waals surface area contributed by atoms with Gasteiger partial charge in [0, 0.05) is 16.6 Å². The molecule has 0 atom stereocenters. The van der Waals surface area contributed by atoms with E-state index in [9.17, 15) is 10.1 Å². The third kappa shape index (κ3) is 1.54. The molecule has 0 aliphatic carbocycles. The number of hydrogen-bond acceptors (Lipinski definition) is 2. The predicted octanol–water partition coefficient (Wildman–Crippen LogP) is 2.36. The summed E-state index contributed by atoms with van der Waals surface area (Å²) in [6, 6.07) is 4.16. The summed E-state index contributed by atoms with van der Waals surface area (Å²) in [4.78, 5) is 9.65. The maximum Gasteiger partial charge on any atom is 0.269 e. The van der Waals surface area contributed by atoms with Crippen molar-refractivity contribution in [1.82, 2.24) is 0 Å². The molecule has 1 aromatic rings. The van der Waals surface area contributed by atoms with Gasteiger partial charge in [-0.05, 0) is 12.1 Å². The predicted molar refractivity (Wildman–Crippen MR) is 40.8 cm³/mol. The Morgan fingerprint density at radius 3 is 2.80 bits per heavy atom. The number of benzene rings is 1. The number of rotatable bonds is 1. The van der Waals surface area contributed by atoms with Crippen LogP contribution < -0.4 is 0 Å². The van der Waals surface area contributed by atoms with Gasteiger partial charge in [-0.15, -0.1) is 0 Å².